The van der Waals surface area contributed by atoms with Crippen LogP contribution in [0.15, 0.2) is 69.6 Å². The number of nitrogens with zero attached hydrogens (tertiary/aromatic N) is 3. The molecule has 180 valence electrons. The Morgan fingerprint density at radius 1 is 1.20 bits per heavy atom. The van der Waals surface area contributed by atoms with Crippen LogP contribution in [0.5, 0.6) is 0 Å². The molecule has 8 nitrogen and oxygen atoms in total. The van der Waals surface area contributed by atoms with Crippen molar-refractivity contribution in [3.05, 3.63) is 106 Å². The van der Waals surface area contributed by atoms with Gasteiger partial charge in [0.2, 0.25) is 0 Å². The Bertz CT molecular complexity index is 1540. The van der Waals surface area contributed by atoms with Crippen molar-refractivity contribution in [1.29, 1.82) is 0 Å². The standard InChI is InChI=1S/C26H25N3O5S/c1-15-21(24(31)34-5)22(17-9-11-18(12-10-17)26(2,3)4)28-23(30)20(35-25(28)27-15)14-16-7-6-8-19(13-16)29(32)33/h6-14,22H,1-5H3/b20-14-/t22-/m1/s1. The van der Waals surface area contributed by atoms with Crippen LogP contribution in [-0.4, -0.2) is 22.6 Å². The first kappa shape index (κ1) is 24.3. The molecule has 0 saturated carbocycles. The molecule has 1 aromatic heterocycles. The van der Waals surface area contributed by atoms with Gasteiger partial charge in [0.25, 0.3) is 11.2 Å². The van der Waals surface area contributed by atoms with E-state index in [1.807, 2.05) is 24.3 Å². The van der Waals surface area contributed by atoms with Crippen LogP contribution < -0.4 is 14.9 Å². The van der Waals surface area contributed by atoms with Gasteiger partial charge in [0.15, 0.2) is 4.80 Å². The minimum Gasteiger partial charge on any atom is -0.466 e. The third kappa shape index (κ3) is 4.59. The van der Waals surface area contributed by atoms with Crippen molar-refractivity contribution < 1.29 is 14.5 Å². The maximum absolute atomic E-state index is 13.6. The van der Waals surface area contributed by atoms with Crippen LogP contribution in [0.25, 0.3) is 6.08 Å². The Balaban J connectivity index is 1.93. The zero-order chi connectivity index (χ0) is 25.5. The van der Waals surface area contributed by atoms with Crippen LogP contribution in [0.4, 0.5) is 5.69 Å². The summed E-state index contributed by atoms with van der Waals surface area (Å²) in [7, 11) is 1.30. The van der Waals surface area contributed by atoms with E-state index in [-0.39, 0.29) is 16.7 Å². The SMILES string of the molecule is COC(=O)C1=C(C)N=c2s/c(=C\c3cccc([N+](=O)[O-])c3)c(=O)n2[C@@H]1c1ccc(C(C)(C)C)cc1. The molecule has 0 aliphatic carbocycles. The van der Waals surface area contributed by atoms with Gasteiger partial charge in [0.05, 0.1) is 33.9 Å². The van der Waals surface area contributed by atoms with Crippen molar-refractivity contribution in [2.75, 3.05) is 7.11 Å². The predicted octanol–water partition coefficient (Wildman–Crippen LogP) is 3.61. The highest BCUT2D eigenvalue weighted by atomic mass is 32.1. The van der Waals surface area contributed by atoms with Gasteiger partial charge in [0.1, 0.15) is 0 Å². The molecule has 1 aliphatic heterocycles. The lowest BCUT2D eigenvalue weighted by Gasteiger charge is -2.25. The Labute approximate surface area is 205 Å². The fraction of sp³-hybridized carbons (Fsp3) is 0.269. The molecule has 0 radical (unpaired) electrons. The zero-order valence-corrected chi connectivity index (χ0v) is 20.9. The summed E-state index contributed by atoms with van der Waals surface area (Å²) < 4.78 is 6.90. The summed E-state index contributed by atoms with van der Waals surface area (Å²) in [4.78, 5) is 42.0. The molecule has 0 bridgehead atoms. The van der Waals surface area contributed by atoms with Gasteiger partial charge in [-0.2, -0.15) is 0 Å². The van der Waals surface area contributed by atoms with Gasteiger partial charge in [-0.25, -0.2) is 9.79 Å². The van der Waals surface area contributed by atoms with Crippen LogP contribution in [0.1, 0.15) is 50.4 Å². The van der Waals surface area contributed by atoms with Crippen LogP contribution in [0, 0.1) is 10.1 Å². The first-order valence-corrected chi connectivity index (χ1v) is 11.8. The molecule has 0 fully saturated rings. The number of hydrogen-bond donors (Lipinski definition) is 0. The second-order valence-corrected chi connectivity index (χ2v) is 10.3. The molecule has 0 spiro atoms. The highest BCUT2D eigenvalue weighted by Crippen LogP contribution is 2.32. The van der Waals surface area contributed by atoms with E-state index in [0.717, 1.165) is 11.1 Å². The topological polar surface area (TPSA) is 104 Å². The van der Waals surface area contributed by atoms with Crippen LogP contribution in [-0.2, 0) is 14.9 Å². The lowest BCUT2D eigenvalue weighted by atomic mass is 9.85. The van der Waals surface area contributed by atoms with E-state index in [1.54, 1.807) is 25.1 Å². The largest absolute Gasteiger partial charge is 0.466 e. The third-order valence-electron chi connectivity index (χ3n) is 5.90. The number of methoxy groups -OCH3 is 1. The summed E-state index contributed by atoms with van der Waals surface area (Å²) in [6.45, 7) is 8.06. The Kier molecular flexibility index (Phi) is 6.29. The zero-order valence-electron chi connectivity index (χ0n) is 20.1. The van der Waals surface area contributed by atoms with Crippen molar-refractivity contribution in [3.63, 3.8) is 0 Å². The average molecular weight is 492 g/mol. The maximum atomic E-state index is 13.6. The quantitative estimate of drug-likeness (QED) is 0.315. The average Bonchev–Trinajstić information content (AvgIpc) is 3.11. The molecule has 4 rings (SSSR count). The lowest BCUT2D eigenvalue weighted by molar-refractivity contribution is -0.384. The molecule has 2 aromatic carbocycles. The Morgan fingerprint density at radius 2 is 1.89 bits per heavy atom. The molecule has 0 N–H and O–H groups in total. The Morgan fingerprint density at radius 3 is 2.49 bits per heavy atom. The first-order valence-electron chi connectivity index (χ1n) is 11.0. The van der Waals surface area contributed by atoms with Gasteiger partial charge in [0, 0.05) is 12.1 Å². The lowest BCUT2D eigenvalue weighted by Crippen LogP contribution is -2.39. The van der Waals surface area contributed by atoms with Gasteiger partial charge >= 0.3 is 5.97 Å². The maximum Gasteiger partial charge on any atom is 0.338 e. The van der Waals surface area contributed by atoms with Gasteiger partial charge in [-0.15, -0.1) is 0 Å². The number of esters is 1. The molecule has 0 amide bonds. The van der Waals surface area contributed by atoms with E-state index in [0.29, 0.717) is 26.2 Å². The molecule has 1 atom stereocenters. The molecule has 9 heteroatoms. The summed E-state index contributed by atoms with van der Waals surface area (Å²) in [5.41, 5.74) is 2.73. The van der Waals surface area contributed by atoms with Crippen LogP contribution in [0.2, 0.25) is 0 Å². The summed E-state index contributed by atoms with van der Waals surface area (Å²) in [6, 6.07) is 13.2. The van der Waals surface area contributed by atoms with Gasteiger partial charge in [-0.05, 0) is 35.1 Å². The fourth-order valence-corrected chi connectivity index (χ4v) is 5.10. The van der Waals surface area contributed by atoms with Gasteiger partial charge in [-0.1, -0.05) is 68.5 Å². The number of benzene rings is 2. The molecule has 3 aromatic rings. The van der Waals surface area contributed by atoms with E-state index < -0.39 is 16.9 Å². The van der Waals surface area contributed by atoms with Crippen LogP contribution in [0.3, 0.4) is 0 Å². The fourth-order valence-electron chi connectivity index (χ4n) is 4.05. The Hall–Kier alpha value is -3.85. The van der Waals surface area contributed by atoms with Crippen molar-refractivity contribution in [2.24, 2.45) is 4.99 Å². The number of hydrogen-bond acceptors (Lipinski definition) is 7. The monoisotopic (exact) mass is 491 g/mol. The van der Waals surface area contributed by atoms with Gasteiger partial charge < -0.3 is 4.74 Å². The number of aromatic nitrogens is 1. The summed E-state index contributed by atoms with van der Waals surface area (Å²) in [5, 5.41) is 11.1. The molecular formula is C26H25N3O5S. The number of carbonyl (C=O) groups excluding carboxylic acids is 1. The summed E-state index contributed by atoms with van der Waals surface area (Å²) >= 11 is 1.17. The number of ether oxygens (including phenoxy) is 1. The number of allylic oxidation sites excluding steroid dienone is 1. The smallest absolute Gasteiger partial charge is 0.338 e. The van der Waals surface area contributed by atoms with Crippen molar-refractivity contribution in [3.8, 4) is 0 Å². The second kappa shape index (κ2) is 9.07. The predicted molar refractivity (Wildman–Crippen MR) is 134 cm³/mol. The number of nitro groups is 1. The molecular weight excluding hydrogens is 466 g/mol. The van der Waals surface area contributed by atoms with E-state index in [9.17, 15) is 19.7 Å². The third-order valence-corrected chi connectivity index (χ3v) is 6.88. The number of fused-ring (bicyclic) bond motifs is 1. The van der Waals surface area contributed by atoms with E-state index >= 15 is 0 Å². The molecule has 0 unspecified atom stereocenters. The number of nitro benzene ring substituents is 1. The van der Waals surface area contributed by atoms with Crippen molar-refractivity contribution >= 4 is 29.1 Å². The van der Waals surface area contributed by atoms with Crippen LogP contribution >= 0.6 is 11.3 Å². The first-order chi connectivity index (χ1) is 16.5. The minimum absolute atomic E-state index is 0.0534. The van der Waals surface area contributed by atoms with Crippen molar-refractivity contribution in [2.45, 2.75) is 39.2 Å². The number of thiazole rings is 1. The summed E-state index contributed by atoms with van der Waals surface area (Å²) in [6.07, 6.45) is 1.60. The molecule has 2 heterocycles. The second-order valence-electron chi connectivity index (χ2n) is 9.30. The highest BCUT2D eigenvalue weighted by molar-refractivity contribution is 7.07. The normalized spacial score (nSPS) is 16.0. The summed E-state index contributed by atoms with van der Waals surface area (Å²) in [5.74, 6) is -0.552. The molecule has 0 saturated heterocycles. The molecule has 35 heavy (non-hydrogen) atoms. The van der Waals surface area contributed by atoms with E-state index in [2.05, 4.69) is 25.8 Å². The number of carbonyl (C=O) groups is 1. The van der Waals surface area contributed by atoms with E-state index in [4.69, 9.17) is 4.74 Å². The minimum atomic E-state index is -0.708. The molecule has 1 aliphatic rings. The van der Waals surface area contributed by atoms with E-state index in [1.165, 1.54) is 35.1 Å². The number of non-ortho nitro benzene ring substituents is 1. The number of rotatable bonds is 4. The van der Waals surface area contributed by atoms with Gasteiger partial charge in [-0.3, -0.25) is 19.5 Å². The van der Waals surface area contributed by atoms with Crippen molar-refractivity contribution in [1.82, 2.24) is 4.57 Å². The highest BCUT2D eigenvalue weighted by Gasteiger charge is 2.33.